The lowest BCUT2D eigenvalue weighted by molar-refractivity contribution is -0.925. The van der Waals surface area contributed by atoms with E-state index >= 15 is 0 Å². The second kappa shape index (κ2) is 8.18. The maximum atomic E-state index is 10.8. The second-order valence-electron chi connectivity index (χ2n) is 7.06. The van der Waals surface area contributed by atoms with Crippen molar-refractivity contribution >= 4 is 11.4 Å². The second-order valence-corrected chi connectivity index (χ2v) is 7.06. The SMILES string of the molecule is C[C@H](c1nnc(-c2ccc([N+](=O)[O-])cc2)o1)[NH+](C)Cc1ccc(N(C)C)cc1. The first-order valence-corrected chi connectivity index (χ1v) is 9.02. The zero-order valence-corrected chi connectivity index (χ0v) is 16.4. The Balaban J connectivity index is 1.68. The zero-order chi connectivity index (χ0) is 20.3. The molecule has 0 bridgehead atoms. The predicted octanol–water partition coefficient (Wildman–Crippen LogP) is 2.49. The van der Waals surface area contributed by atoms with E-state index in [1.165, 1.54) is 28.3 Å². The molecule has 1 N–H and O–H groups in total. The van der Waals surface area contributed by atoms with Gasteiger partial charge in [0.2, 0.25) is 5.89 Å². The van der Waals surface area contributed by atoms with Crippen molar-refractivity contribution in [2.24, 2.45) is 0 Å². The van der Waals surface area contributed by atoms with Crippen LogP contribution in [0.4, 0.5) is 11.4 Å². The van der Waals surface area contributed by atoms with Gasteiger partial charge in [-0.2, -0.15) is 0 Å². The maximum Gasteiger partial charge on any atom is 0.274 e. The number of nitro benzene ring substituents is 1. The van der Waals surface area contributed by atoms with E-state index in [-0.39, 0.29) is 11.7 Å². The maximum absolute atomic E-state index is 10.8. The van der Waals surface area contributed by atoms with Crippen LogP contribution in [0.25, 0.3) is 11.5 Å². The molecule has 0 amide bonds. The van der Waals surface area contributed by atoms with E-state index in [0.29, 0.717) is 17.3 Å². The van der Waals surface area contributed by atoms with Crippen LogP contribution in [0.2, 0.25) is 0 Å². The lowest BCUT2D eigenvalue weighted by atomic mass is 10.1. The average molecular weight is 382 g/mol. The Morgan fingerprint density at radius 2 is 1.75 bits per heavy atom. The van der Waals surface area contributed by atoms with Gasteiger partial charge >= 0.3 is 0 Å². The number of nitrogens with zero attached hydrogens (tertiary/aromatic N) is 4. The summed E-state index contributed by atoms with van der Waals surface area (Å²) in [7, 11) is 6.12. The van der Waals surface area contributed by atoms with E-state index in [9.17, 15) is 10.1 Å². The predicted molar refractivity (Wildman–Crippen MR) is 106 cm³/mol. The minimum Gasteiger partial charge on any atom is -0.415 e. The third-order valence-electron chi connectivity index (χ3n) is 4.81. The van der Waals surface area contributed by atoms with E-state index in [0.717, 1.165) is 6.54 Å². The van der Waals surface area contributed by atoms with Gasteiger partial charge in [-0.15, -0.1) is 10.2 Å². The molecule has 0 saturated carbocycles. The molecule has 0 fully saturated rings. The van der Waals surface area contributed by atoms with Crippen LogP contribution in [0.1, 0.15) is 24.4 Å². The van der Waals surface area contributed by atoms with Crippen molar-refractivity contribution in [3.8, 4) is 11.5 Å². The fraction of sp³-hybridized carbons (Fsp3) is 0.300. The van der Waals surface area contributed by atoms with Crippen LogP contribution in [0.5, 0.6) is 0 Å². The molecule has 146 valence electrons. The van der Waals surface area contributed by atoms with Gasteiger partial charge in [-0.1, -0.05) is 12.1 Å². The summed E-state index contributed by atoms with van der Waals surface area (Å²) < 4.78 is 5.82. The van der Waals surface area contributed by atoms with Crippen LogP contribution in [-0.2, 0) is 6.54 Å². The molecule has 2 atom stereocenters. The summed E-state index contributed by atoms with van der Waals surface area (Å²) in [5.41, 5.74) is 3.08. The van der Waals surface area contributed by atoms with Gasteiger partial charge < -0.3 is 14.2 Å². The third-order valence-corrected chi connectivity index (χ3v) is 4.81. The van der Waals surface area contributed by atoms with Gasteiger partial charge in [-0.3, -0.25) is 10.1 Å². The molecule has 0 spiro atoms. The number of hydrogen-bond acceptors (Lipinski definition) is 6. The van der Waals surface area contributed by atoms with Crippen molar-refractivity contribution in [2.75, 3.05) is 26.0 Å². The molecule has 0 radical (unpaired) electrons. The highest BCUT2D eigenvalue weighted by atomic mass is 16.6. The van der Waals surface area contributed by atoms with Gasteiger partial charge in [0, 0.05) is 43.0 Å². The first-order chi connectivity index (χ1) is 13.3. The molecule has 8 nitrogen and oxygen atoms in total. The van der Waals surface area contributed by atoms with Gasteiger partial charge in [0.1, 0.15) is 6.54 Å². The van der Waals surface area contributed by atoms with E-state index in [1.807, 2.05) is 21.0 Å². The number of anilines is 1. The summed E-state index contributed by atoms with van der Waals surface area (Å²) in [6, 6.07) is 14.6. The summed E-state index contributed by atoms with van der Waals surface area (Å²) in [6.07, 6.45) is 0. The smallest absolute Gasteiger partial charge is 0.274 e. The van der Waals surface area contributed by atoms with Gasteiger partial charge in [-0.25, -0.2) is 0 Å². The summed E-state index contributed by atoms with van der Waals surface area (Å²) >= 11 is 0. The number of non-ortho nitro benzene ring substituents is 1. The molecule has 1 aromatic heterocycles. The summed E-state index contributed by atoms with van der Waals surface area (Å²) in [5, 5.41) is 19.0. The molecule has 3 rings (SSSR count). The standard InChI is InChI=1S/C20H23N5O3/c1-14(24(4)13-15-5-9-17(10-6-15)23(2)3)19-21-22-20(28-19)16-7-11-18(12-8-16)25(26)27/h5-12,14H,13H2,1-4H3/p+1/t14-/m1/s1. The lowest BCUT2D eigenvalue weighted by Gasteiger charge is -2.19. The first-order valence-electron chi connectivity index (χ1n) is 9.02. The van der Waals surface area contributed by atoms with E-state index < -0.39 is 4.92 Å². The van der Waals surface area contributed by atoms with Crippen LogP contribution in [0.15, 0.2) is 52.9 Å². The number of nitro groups is 1. The van der Waals surface area contributed by atoms with Gasteiger partial charge in [0.05, 0.1) is 12.0 Å². The number of benzene rings is 2. The van der Waals surface area contributed by atoms with Gasteiger partial charge in [-0.05, 0) is 31.2 Å². The van der Waals surface area contributed by atoms with Crippen molar-refractivity contribution in [2.45, 2.75) is 19.5 Å². The molecule has 1 unspecified atom stereocenters. The largest absolute Gasteiger partial charge is 0.415 e. The summed E-state index contributed by atoms with van der Waals surface area (Å²) in [6.45, 7) is 2.86. The third kappa shape index (κ3) is 4.34. The van der Waals surface area contributed by atoms with Crippen LogP contribution >= 0.6 is 0 Å². The Bertz CT molecular complexity index is 935. The Morgan fingerprint density at radius 1 is 1.11 bits per heavy atom. The molecule has 0 aliphatic heterocycles. The van der Waals surface area contributed by atoms with E-state index in [2.05, 4.69) is 46.4 Å². The van der Waals surface area contributed by atoms with Crippen LogP contribution in [0, 0.1) is 10.1 Å². The van der Waals surface area contributed by atoms with Crippen LogP contribution in [-0.4, -0.2) is 36.3 Å². The Labute approximate surface area is 163 Å². The van der Waals surface area contributed by atoms with Gasteiger partial charge in [0.25, 0.3) is 11.6 Å². The van der Waals surface area contributed by atoms with E-state index in [4.69, 9.17) is 4.42 Å². The Morgan fingerprint density at radius 3 is 2.32 bits per heavy atom. The van der Waals surface area contributed by atoms with Crippen molar-refractivity contribution in [1.29, 1.82) is 0 Å². The van der Waals surface area contributed by atoms with Crippen molar-refractivity contribution in [1.82, 2.24) is 10.2 Å². The molecular formula is C20H24N5O3+. The normalized spacial score (nSPS) is 13.1. The number of nitrogens with one attached hydrogen (secondary N) is 1. The van der Waals surface area contributed by atoms with Crippen LogP contribution in [0.3, 0.4) is 0 Å². The minimum atomic E-state index is -0.436. The molecule has 3 aromatic rings. The van der Waals surface area contributed by atoms with Crippen molar-refractivity contribution in [3.05, 3.63) is 70.1 Å². The molecule has 0 aliphatic carbocycles. The number of hydrogen-bond donors (Lipinski definition) is 1. The van der Waals surface area contributed by atoms with Crippen molar-refractivity contribution < 1.29 is 14.2 Å². The minimum absolute atomic E-state index is 0.00724. The summed E-state index contributed by atoms with van der Waals surface area (Å²) in [5.74, 6) is 0.899. The van der Waals surface area contributed by atoms with Gasteiger partial charge in [0.15, 0.2) is 6.04 Å². The highest BCUT2D eigenvalue weighted by Gasteiger charge is 2.23. The fourth-order valence-corrected chi connectivity index (χ4v) is 2.85. The zero-order valence-electron chi connectivity index (χ0n) is 16.4. The number of rotatable bonds is 7. The summed E-state index contributed by atoms with van der Waals surface area (Å²) in [4.78, 5) is 13.6. The van der Waals surface area contributed by atoms with Crippen LogP contribution < -0.4 is 9.80 Å². The number of quaternary nitrogens is 1. The molecule has 1 heterocycles. The van der Waals surface area contributed by atoms with Crippen molar-refractivity contribution in [3.63, 3.8) is 0 Å². The highest BCUT2D eigenvalue weighted by molar-refractivity contribution is 5.55. The molecule has 0 aliphatic rings. The molecule has 28 heavy (non-hydrogen) atoms. The first kappa shape index (κ1) is 19.5. The molecular weight excluding hydrogens is 358 g/mol. The monoisotopic (exact) mass is 382 g/mol. The Kier molecular flexibility index (Phi) is 5.70. The highest BCUT2D eigenvalue weighted by Crippen LogP contribution is 2.22. The average Bonchev–Trinajstić information content (AvgIpc) is 3.18. The molecule has 2 aromatic carbocycles. The molecule has 8 heteroatoms. The van der Waals surface area contributed by atoms with E-state index in [1.54, 1.807) is 12.1 Å². The number of aromatic nitrogens is 2. The lowest BCUT2D eigenvalue weighted by Crippen LogP contribution is -3.07. The fourth-order valence-electron chi connectivity index (χ4n) is 2.85. The molecule has 0 saturated heterocycles. The Hall–Kier alpha value is -3.26. The quantitative estimate of drug-likeness (QED) is 0.499. The topological polar surface area (TPSA) is 89.7 Å².